The summed E-state index contributed by atoms with van der Waals surface area (Å²) in [5.41, 5.74) is 0. The highest BCUT2D eigenvalue weighted by molar-refractivity contribution is 4.82. The lowest BCUT2D eigenvalue weighted by Crippen LogP contribution is -2.46. The minimum atomic E-state index is 0.634. The van der Waals surface area contributed by atoms with Crippen LogP contribution in [0.2, 0.25) is 0 Å². The van der Waals surface area contributed by atoms with E-state index in [-0.39, 0.29) is 0 Å². The zero-order valence-electron chi connectivity index (χ0n) is 8.80. The molecule has 0 bridgehead atoms. The van der Waals surface area contributed by atoms with Crippen LogP contribution in [0.3, 0.4) is 0 Å². The minimum absolute atomic E-state index is 0.634. The van der Waals surface area contributed by atoms with Crippen LogP contribution in [0.15, 0.2) is 0 Å². The van der Waals surface area contributed by atoms with Gasteiger partial charge in [-0.05, 0) is 47.2 Å². The van der Waals surface area contributed by atoms with Crippen LogP contribution in [0.5, 0.6) is 0 Å². The Bertz CT molecular complexity index is 134. The summed E-state index contributed by atoms with van der Waals surface area (Å²) in [4.78, 5) is 2.59. The quantitative estimate of drug-likeness (QED) is 0.641. The minimum Gasteiger partial charge on any atom is -0.313 e. The van der Waals surface area contributed by atoms with Gasteiger partial charge in [0, 0.05) is 18.1 Å². The van der Waals surface area contributed by atoms with Gasteiger partial charge in [-0.15, -0.1) is 0 Å². The van der Waals surface area contributed by atoms with Gasteiger partial charge in [-0.1, -0.05) is 0 Å². The Kier molecular flexibility index (Phi) is 3.53. The lowest BCUT2D eigenvalue weighted by molar-refractivity contribution is 0.155. The molecule has 1 fully saturated rings. The van der Waals surface area contributed by atoms with Gasteiger partial charge in [-0.3, -0.25) is 4.90 Å². The molecule has 2 nitrogen and oxygen atoms in total. The van der Waals surface area contributed by atoms with Crippen molar-refractivity contribution in [2.75, 3.05) is 13.1 Å². The molecule has 72 valence electrons. The number of hydrogen-bond donors (Lipinski definition) is 1. The molecule has 0 unspecified atom stereocenters. The van der Waals surface area contributed by atoms with Gasteiger partial charge in [0.2, 0.25) is 0 Å². The fourth-order valence-electron chi connectivity index (χ4n) is 1.98. The SMILES string of the molecule is CC(C)N1CCCN[C@@H](C)[C@@H]1C. The average molecular weight is 170 g/mol. The molecule has 1 saturated heterocycles. The highest BCUT2D eigenvalue weighted by Gasteiger charge is 2.23. The van der Waals surface area contributed by atoms with Crippen LogP contribution in [0.4, 0.5) is 0 Å². The molecule has 1 rings (SSSR count). The lowest BCUT2D eigenvalue weighted by atomic mass is 10.1. The maximum absolute atomic E-state index is 3.54. The molecule has 1 heterocycles. The molecule has 1 aliphatic rings. The van der Waals surface area contributed by atoms with Crippen LogP contribution >= 0.6 is 0 Å². The van der Waals surface area contributed by atoms with Crippen LogP contribution < -0.4 is 5.32 Å². The third-order valence-corrected chi connectivity index (χ3v) is 2.97. The summed E-state index contributed by atoms with van der Waals surface area (Å²) in [5.74, 6) is 0. The van der Waals surface area contributed by atoms with Gasteiger partial charge in [0.25, 0.3) is 0 Å². The van der Waals surface area contributed by atoms with Crippen molar-refractivity contribution in [3.05, 3.63) is 0 Å². The molecular weight excluding hydrogens is 148 g/mol. The van der Waals surface area contributed by atoms with E-state index in [4.69, 9.17) is 0 Å². The van der Waals surface area contributed by atoms with Crippen molar-refractivity contribution in [2.24, 2.45) is 0 Å². The molecule has 0 radical (unpaired) electrons. The normalized spacial score (nSPS) is 33.8. The molecule has 1 N–H and O–H groups in total. The first-order valence-electron chi connectivity index (χ1n) is 5.12. The van der Waals surface area contributed by atoms with Gasteiger partial charge in [-0.2, -0.15) is 0 Å². The van der Waals surface area contributed by atoms with E-state index in [9.17, 15) is 0 Å². The van der Waals surface area contributed by atoms with Crippen molar-refractivity contribution >= 4 is 0 Å². The van der Waals surface area contributed by atoms with E-state index in [0.29, 0.717) is 18.1 Å². The second kappa shape index (κ2) is 4.24. The maximum Gasteiger partial charge on any atom is 0.0221 e. The first-order valence-corrected chi connectivity index (χ1v) is 5.12. The Labute approximate surface area is 76.3 Å². The molecule has 0 saturated carbocycles. The zero-order chi connectivity index (χ0) is 9.14. The summed E-state index contributed by atoms with van der Waals surface area (Å²) in [6, 6.07) is 1.99. The van der Waals surface area contributed by atoms with Crippen LogP contribution in [0, 0.1) is 0 Å². The highest BCUT2D eigenvalue weighted by Crippen LogP contribution is 2.12. The molecule has 0 amide bonds. The molecule has 0 aromatic rings. The standard InChI is InChI=1S/C10H22N2/c1-8(2)12-7-5-6-11-9(3)10(12)4/h8-11H,5-7H2,1-4H3/t9-,10-/m0/s1. The van der Waals surface area contributed by atoms with Crippen LogP contribution in [-0.4, -0.2) is 36.1 Å². The van der Waals surface area contributed by atoms with E-state index in [0.717, 1.165) is 0 Å². The summed E-state index contributed by atoms with van der Waals surface area (Å²) in [7, 11) is 0. The zero-order valence-corrected chi connectivity index (χ0v) is 8.80. The molecule has 2 heteroatoms. The Balaban J connectivity index is 2.58. The fraction of sp³-hybridized carbons (Fsp3) is 1.00. The van der Waals surface area contributed by atoms with E-state index < -0.39 is 0 Å². The van der Waals surface area contributed by atoms with Crippen molar-refractivity contribution in [3.63, 3.8) is 0 Å². The molecule has 0 aromatic carbocycles. The Morgan fingerprint density at radius 3 is 2.58 bits per heavy atom. The Hall–Kier alpha value is -0.0800. The summed E-state index contributed by atoms with van der Waals surface area (Å²) in [5, 5.41) is 3.54. The molecule has 12 heavy (non-hydrogen) atoms. The van der Waals surface area contributed by atoms with Gasteiger partial charge in [-0.25, -0.2) is 0 Å². The highest BCUT2D eigenvalue weighted by atomic mass is 15.2. The third kappa shape index (κ3) is 2.20. The Morgan fingerprint density at radius 1 is 1.33 bits per heavy atom. The Morgan fingerprint density at radius 2 is 2.00 bits per heavy atom. The van der Waals surface area contributed by atoms with E-state index >= 15 is 0 Å². The van der Waals surface area contributed by atoms with Gasteiger partial charge < -0.3 is 5.32 Å². The molecule has 1 aliphatic heterocycles. The first kappa shape index (κ1) is 10.0. The summed E-state index contributed by atoms with van der Waals surface area (Å²) in [6.45, 7) is 11.6. The van der Waals surface area contributed by atoms with E-state index in [1.54, 1.807) is 0 Å². The summed E-state index contributed by atoms with van der Waals surface area (Å²) in [6.07, 6.45) is 1.28. The molecule has 0 spiro atoms. The van der Waals surface area contributed by atoms with Crippen LogP contribution in [0.25, 0.3) is 0 Å². The fourth-order valence-corrected chi connectivity index (χ4v) is 1.98. The second-order valence-electron chi connectivity index (χ2n) is 4.17. The smallest absolute Gasteiger partial charge is 0.0221 e. The van der Waals surface area contributed by atoms with Crippen molar-refractivity contribution in [2.45, 2.75) is 52.2 Å². The molecule has 0 aromatic heterocycles. The van der Waals surface area contributed by atoms with Crippen molar-refractivity contribution in [1.82, 2.24) is 10.2 Å². The number of nitrogens with zero attached hydrogens (tertiary/aromatic N) is 1. The number of hydrogen-bond acceptors (Lipinski definition) is 2. The monoisotopic (exact) mass is 170 g/mol. The van der Waals surface area contributed by atoms with Gasteiger partial charge >= 0.3 is 0 Å². The number of rotatable bonds is 1. The van der Waals surface area contributed by atoms with Gasteiger partial charge in [0.05, 0.1) is 0 Å². The van der Waals surface area contributed by atoms with Crippen LogP contribution in [-0.2, 0) is 0 Å². The van der Waals surface area contributed by atoms with Gasteiger partial charge in [0.15, 0.2) is 0 Å². The van der Waals surface area contributed by atoms with E-state index in [1.807, 2.05) is 0 Å². The molecule has 2 atom stereocenters. The van der Waals surface area contributed by atoms with Gasteiger partial charge in [0.1, 0.15) is 0 Å². The average Bonchev–Trinajstić information content (AvgIpc) is 2.15. The predicted molar refractivity (Wildman–Crippen MR) is 53.4 cm³/mol. The van der Waals surface area contributed by atoms with Crippen molar-refractivity contribution in [3.8, 4) is 0 Å². The second-order valence-corrected chi connectivity index (χ2v) is 4.17. The van der Waals surface area contributed by atoms with Crippen LogP contribution in [0.1, 0.15) is 34.1 Å². The predicted octanol–water partition coefficient (Wildman–Crippen LogP) is 1.47. The molecular formula is C10H22N2. The third-order valence-electron chi connectivity index (χ3n) is 2.97. The topological polar surface area (TPSA) is 15.3 Å². The molecule has 0 aliphatic carbocycles. The van der Waals surface area contributed by atoms with E-state index in [1.165, 1.54) is 19.5 Å². The summed E-state index contributed by atoms with van der Waals surface area (Å²) >= 11 is 0. The van der Waals surface area contributed by atoms with E-state index in [2.05, 4.69) is 37.9 Å². The number of nitrogens with one attached hydrogen (secondary N) is 1. The van der Waals surface area contributed by atoms with Crippen molar-refractivity contribution < 1.29 is 0 Å². The summed E-state index contributed by atoms with van der Waals surface area (Å²) < 4.78 is 0. The maximum atomic E-state index is 3.54. The largest absolute Gasteiger partial charge is 0.313 e. The van der Waals surface area contributed by atoms with Crippen molar-refractivity contribution in [1.29, 1.82) is 0 Å². The first-order chi connectivity index (χ1) is 5.63. The lowest BCUT2D eigenvalue weighted by Gasteiger charge is -2.33.